The van der Waals surface area contributed by atoms with Crippen LogP contribution in [0.2, 0.25) is 0 Å². The molecule has 0 atom stereocenters. The lowest BCUT2D eigenvalue weighted by molar-refractivity contribution is -0.120. The van der Waals surface area contributed by atoms with Crippen molar-refractivity contribution in [1.82, 2.24) is 10.3 Å². The van der Waals surface area contributed by atoms with Crippen LogP contribution >= 0.6 is 0 Å². The first kappa shape index (κ1) is 15.7. The third kappa shape index (κ3) is 5.41. The summed E-state index contributed by atoms with van der Waals surface area (Å²) >= 11 is 0. The zero-order valence-corrected chi connectivity index (χ0v) is 12.1. The Labute approximate surface area is 115 Å². The summed E-state index contributed by atoms with van der Waals surface area (Å²) in [4.78, 5) is 13.8. The van der Waals surface area contributed by atoms with Gasteiger partial charge in [-0.3, -0.25) is 15.1 Å². The van der Waals surface area contributed by atoms with Crippen LogP contribution in [0.5, 0.6) is 0 Å². The van der Waals surface area contributed by atoms with E-state index in [2.05, 4.69) is 37.2 Å². The first-order chi connectivity index (χ1) is 9.06. The van der Waals surface area contributed by atoms with Crippen molar-refractivity contribution in [2.75, 3.05) is 13.1 Å². The van der Waals surface area contributed by atoms with E-state index < -0.39 is 0 Å². The van der Waals surface area contributed by atoms with Crippen molar-refractivity contribution in [3.63, 3.8) is 0 Å². The molecule has 0 fully saturated rings. The van der Waals surface area contributed by atoms with Crippen molar-refractivity contribution in [2.45, 2.75) is 33.7 Å². The van der Waals surface area contributed by atoms with Crippen LogP contribution in [0.25, 0.3) is 0 Å². The molecule has 0 aromatic heterocycles. The lowest BCUT2D eigenvalue weighted by Gasteiger charge is -2.23. The number of hydrazine groups is 1. The van der Waals surface area contributed by atoms with Crippen molar-refractivity contribution in [3.8, 4) is 0 Å². The van der Waals surface area contributed by atoms with Gasteiger partial charge in [0, 0.05) is 13.1 Å². The number of nitrogens with one attached hydrogen (secondary N) is 1. The number of hydrogen-bond donors (Lipinski definition) is 2. The Hall–Kier alpha value is -1.39. The minimum atomic E-state index is -0.153. The van der Waals surface area contributed by atoms with Gasteiger partial charge in [-0.05, 0) is 23.6 Å². The molecule has 0 bridgehead atoms. The molecular weight excluding hydrogens is 238 g/mol. The smallest absolute Gasteiger partial charge is 0.238 e. The van der Waals surface area contributed by atoms with Gasteiger partial charge in [-0.25, -0.2) is 5.84 Å². The zero-order valence-electron chi connectivity index (χ0n) is 12.1. The molecule has 0 aliphatic carbocycles. The second kappa shape index (κ2) is 7.92. The molecule has 4 heteroatoms. The van der Waals surface area contributed by atoms with Crippen LogP contribution in [0.15, 0.2) is 24.3 Å². The van der Waals surface area contributed by atoms with Gasteiger partial charge in [-0.15, -0.1) is 0 Å². The molecule has 0 radical (unpaired) electrons. The highest BCUT2D eigenvalue weighted by atomic mass is 16.2. The van der Waals surface area contributed by atoms with E-state index in [9.17, 15) is 4.79 Å². The number of carbonyl (C=O) groups is 1. The van der Waals surface area contributed by atoms with E-state index in [1.54, 1.807) is 0 Å². The number of hydrogen-bond acceptors (Lipinski definition) is 3. The van der Waals surface area contributed by atoms with E-state index in [1.807, 2.05) is 18.2 Å². The molecule has 0 heterocycles. The van der Waals surface area contributed by atoms with Gasteiger partial charge in [0.15, 0.2) is 0 Å². The first-order valence-corrected chi connectivity index (χ1v) is 6.85. The van der Waals surface area contributed by atoms with Crippen LogP contribution in [0, 0.1) is 5.92 Å². The van der Waals surface area contributed by atoms with Gasteiger partial charge in [0.1, 0.15) is 0 Å². The van der Waals surface area contributed by atoms with Crippen molar-refractivity contribution in [3.05, 3.63) is 35.4 Å². The molecule has 0 aliphatic rings. The van der Waals surface area contributed by atoms with Crippen molar-refractivity contribution in [2.24, 2.45) is 11.8 Å². The molecule has 19 heavy (non-hydrogen) atoms. The summed E-state index contributed by atoms with van der Waals surface area (Å²) in [6, 6.07) is 8.06. The van der Waals surface area contributed by atoms with Gasteiger partial charge in [-0.2, -0.15) is 0 Å². The lowest BCUT2D eigenvalue weighted by Crippen LogP contribution is -2.32. The predicted octanol–water partition coefficient (Wildman–Crippen LogP) is 1.70. The molecule has 1 aromatic rings. The predicted molar refractivity (Wildman–Crippen MR) is 78.3 cm³/mol. The Bertz CT molecular complexity index is 404. The quantitative estimate of drug-likeness (QED) is 0.447. The lowest BCUT2D eigenvalue weighted by atomic mass is 10.0. The number of nitrogens with zero attached hydrogens (tertiary/aromatic N) is 1. The van der Waals surface area contributed by atoms with Crippen LogP contribution in [0.3, 0.4) is 0 Å². The minimum Gasteiger partial charge on any atom is -0.299 e. The van der Waals surface area contributed by atoms with Crippen molar-refractivity contribution in [1.29, 1.82) is 0 Å². The van der Waals surface area contributed by atoms with E-state index >= 15 is 0 Å². The number of carbonyl (C=O) groups excluding carboxylic acids is 1. The van der Waals surface area contributed by atoms with E-state index in [-0.39, 0.29) is 5.91 Å². The second-order valence-corrected chi connectivity index (χ2v) is 5.23. The van der Waals surface area contributed by atoms with Crippen LogP contribution in [-0.2, 0) is 17.8 Å². The van der Waals surface area contributed by atoms with Gasteiger partial charge < -0.3 is 0 Å². The number of rotatable bonds is 7. The monoisotopic (exact) mass is 263 g/mol. The fraction of sp³-hybridized carbons (Fsp3) is 0.533. The molecule has 4 nitrogen and oxygen atoms in total. The van der Waals surface area contributed by atoms with Gasteiger partial charge >= 0.3 is 0 Å². The molecule has 0 saturated heterocycles. The maximum Gasteiger partial charge on any atom is 0.238 e. The molecular formula is C15H25N3O. The van der Waals surface area contributed by atoms with Gasteiger partial charge in [-0.1, -0.05) is 45.0 Å². The summed E-state index contributed by atoms with van der Waals surface area (Å²) < 4.78 is 0. The molecule has 106 valence electrons. The molecule has 3 N–H and O–H groups in total. The standard InChI is InChI=1S/C15H25N3O/c1-4-18(10-12(2)3)11-14-8-6-5-7-13(14)9-15(19)17-16/h5-8,12H,4,9-11,16H2,1-3H3,(H,17,19). The Balaban J connectivity index is 2.78. The highest BCUT2D eigenvalue weighted by Gasteiger charge is 2.11. The summed E-state index contributed by atoms with van der Waals surface area (Å²) in [5.74, 6) is 5.64. The third-order valence-electron chi connectivity index (χ3n) is 3.09. The average Bonchev–Trinajstić information content (AvgIpc) is 2.39. The minimum absolute atomic E-state index is 0.153. The van der Waals surface area contributed by atoms with E-state index in [0.29, 0.717) is 12.3 Å². The summed E-state index contributed by atoms with van der Waals surface area (Å²) in [7, 11) is 0. The van der Waals surface area contributed by atoms with E-state index in [1.165, 1.54) is 5.56 Å². The fourth-order valence-corrected chi connectivity index (χ4v) is 2.17. The molecule has 0 spiro atoms. The van der Waals surface area contributed by atoms with Crippen molar-refractivity contribution >= 4 is 5.91 Å². The number of amides is 1. The Morgan fingerprint density at radius 3 is 2.47 bits per heavy atom. The first-order valence-electron chi connectivity index (χ1n) is 6.85. The molecule has 0 unspecified atom stereocenters. The molecule has 1 aromatic carbocycles. The van der Waals surface area contributed by atoms with E-state index in [4.69, 9.17) is 5.84 Å². The largest absolute Gasteiger partial charge is 0.299 e. The van der Waals surface area contributed by atoms with Crippen LogP contribution < -0.4 is 11.3 Å². The average molecular weight is 263 g/mol. The zero-order chi connectivity index (χ0) is 14.3. The molecule has 1 amide bonds. The summed E-state index contributed by atoms with van der Waals surface area (Å²) in [5, 5.41) is 0. The Kier molecular flexibility index (Phi) is 6.53. The topological polar surface area (TPSA) is 58.4 Å². The maximum absolute atomic E-state index is 11.4. The number of benzene rings is 1. The van der Waals surface area contributed by atoms with E-state index in [0.717, 1.165) is 25.2 Å². The summed E-state index contributed by atoms with van der Waals surface area (Å²) in [6.45, 7) is 9.55. The molecule has 0 saturated carbocycles. The normalized spacial score (nSPS) is 11.1. The maximum atomic E-state index is 11.4. The summed E-state index contributed by atoms with van der Waals surface area (Å²) in [5.41, 5.74) is 4.44. The Morgan fingerprint density at radius 2 is 1.95 bits per heavy atom. The fourth-order valence-electron chi connectivity index (χ4n) is 2.17. The SMILES string of the molecule is CCN(Cc1ccccc1CC(=O)NN)CC(C)C. The highest BCUT2D eigenvalue weighted by Crippen LogP contribution is 2.13. The van der Waals surface area contributed by atoms with Crippen LogP contribution in [0.4, 0.5) is 0 Å². The molecule has 0 aliphatic heterocycles. The number of nitrogens with two attached hydrogens (primary N) is 1. The third-order valence-corrected chi connectivity index (χ3v) is 3.09. The highest BCUT2D eigenvalue weighted by molar-refractivity contribution is 5.78. The van der Waals surface area contributed by atoms with Gasteiger partial charge in [0.25, 0.3) is 0 Å². The van der Waals surface area contributed by atoms with Crippen molar-refractivity contribution < 1.29 is 4.79 Å². The van der Waals surface area contributed by atoms with Crippen LogP contribution in [0.1, 0.15) is 31.9 Å². The summed E-state index contributed by atoms with van der Waals surface area (Å²) in [6.07, 6.45) is 0.339. The Morgan fingerprint density at radius 1 is 1.32 bits per heavy atom. The van der Waals surface area contributed by atoms with Crippen LogP contribution in [-0.4, -0.2) is 23.9 Å². The van der Waals surface area contributed by atoms with Gasteiger partial charge in [0.05, 0.1) is 6.42 Å². The second-order valence-electron chi connectivity index (χ2n) is 5.23. The van der Waals surface area contributed by atoms with Gasteiger partial charge in [0.2, 0.25) is 5.91 Å². The molecule has 1 rings (SSSR count).